The van der Waals surface area contributed by atoms with E-state index in [0.29, 0.717) is 23.9 Å². The van der Waals surface area contributed by atoms with Crippen LogP contribution in [0.2, 0.25) is 0 Å². The van der Waals surface area contributed by atoms with E-state index >= 15 is 0 Å². The highest BCUT2D eigenvalue weighted by Crippen LogP contribution is 2.20. The summed E-state index contributed by atoms with van der Waals surface area (Å²) in [4.78, 5) is 15.1. The second-order valence-electron chi connectivity index (χ2n) is 4.71. The molecular formula is C12H18ClN3O2S. The number of ether oxygens (including phenoxy) is 1. The van der Waals surface area contributed by atoms with Gasteiger partial charge in [0.25, 0.3) is 5.91 Å². The Kier molecular flexibility index (Phi) is 5.13. The highest BCUT2D eigenvalue weighted by molar-refractivity contribution is 7.08. The summed E-state index contributed by atoms with van der Waals surface area (Å²) in [5.41, 5.74) is 0.804. The quantitative estimate of drug-likeness (QED) is 0.798. The van der Waals surface area contributed by atoms with Crippen molar-refractivity contribution in [1.82, 2.24) is 14.5 Å². The third kappa shape index (κ3) is 3.24. The van der Waals surface area contributed by atoms with Gasteiger partial charge in [-0.25, -0.2) is 0 Å². The minimum atomic E-state index is -0.0858. The SMILES string of the molecule is CCCc1nnsc1C(=O)N1CC(CCl)OCC1C. The Morgan fingerprint density at radius 3 is 3.11 bits per heavy atom. The van der Waals surface area contributed by atoms with E-state index in [2.05, 4.69) is 16.5 Å². The number of halogens is 1. The molecule has 106 valence electrons. The van der Waals surface area contributed by atoms with E-state index in [1.807, 2.05) is 11.8 Å². The fraction of sp³-hybridized carbons (Fsp3) is 0.750. The number of alkyl halides is 1. The van der Waals surface area contributed by atoms with Gasteiger partial charge in [-0.1, -0.05) is 17.8 Å². The van der Waals surface area contributed by atoms with E-state index in [9.17, 15) is 4.79 Å². The molecule has 0 aliphatic carbocycles. The number of hydrogen-bond donors (Lipinski definition) is 0. The maximum absolute atomic E-state index is 12.6. The van der Waals surface area contributed by atoms with Gasteiger partial charge in [-0.3, -0.25) is 4.79 Å². The lowest BCUT2D eigenvalue weighted by molar-refractivity contribution is -0.0370. The largest absolute Gasteiger partial charge is 0.373 e. The van der Waals surface area contributed by atoms with Crippen LogP contribution in [-0.4, -0.2) is 51.6 Å². The number of aromatic nitrogens is 2. The first-order valence-electron chi connectivity index (χ1n) is 6.47. The Hall–Kier alpha value is -0.720. The maximum atomic E-state index is 12.6. The molecule has 0 spiro atoms. The summed E-state index contributed by atoms with van der Waals surface area (Å²) in [6, 6.07) is 0.0588. The van der Waals surface area contributed by atoms with Gasteiger partial charge in [-0.05, 0) is 24.9 Å². The lowest BCUT2D eigenvalue weighted by Gasteiger charge is -2.37. The molecule has 2 atom stereocenters. The fourth-order valence-corrected chi connectivity index (χ4v) is 2.95. The van der Waals surface area contributed by atoms with E-state index < -0.39 is 0 Å². The summed E-state index contributed by atoms with van der Waals surface area (Å²) in [7, 11) is 0. The van der Waals surface area contributed by atoms with Gasteiger partial charge in [0.15, 0.2) is 0 Å². The predicted molar refractivity (Wildman–Crippen MR) is 74.9 cm³/mol. The van der Waals surface area contributed by atoms with Crippen LogP contribution in [0, 0.1) is 0 Å². The normalized spacial score (nSPS) is 23.6. The average Bonchev–Trinajstić information content (AvgIpc) is 2.87. The van der Waals surface area contributed by atoms with E-state index in [1.54, 1.807) is 0 Å². The van der Waals surface area contributed by atoms with Crippen LogP contribution in [0.15, 0.2) is 0 Å². The number of hydrogen-bond acceptors (Lipinski definition) is 5. The van der Waals surface area contributed by atoms with Crippen molar-refractivity contribution in [3.63, 3.8) is 0 Å². The van der Waals surface area contributed by atoms with E-state index in [1.165, 1.54) is 11.5 Å². The zero-order valence-corrected chi connectivity index (χ0v) is 12.7. The summed E-state index contributed by atoms with van der Waals surface area (Å²) in [5.74, 6) is 0.406. The third-order valence-corrected chi connectivity index (χ3v) is 4.28. The average molecular weight is 304 g/mol. The Bertz CT molecular complexity index is 440. The monoisotopic (exact) mass is 303 g/mol. The van der Waals surface area contributed by atoms with Crippen molar-refractivity contribution in [2.75, 3.05) is 19.0 Å². The van der Waals surface area contributed by atoms with Crippen LogP contribution in [0.4, 0.5) is 0 Å². The van der Waals surface area contributed by atoms with Crippen LogP contribution in [0.3, 0.4) is 0 Å². The molecule has 0 saturated carbocycles. The predicted octanol–water partition coefficient (Wildman–Crippen LogP) is 1.96. The Labute approximate surface area is 122 Å². The molecule has 0 aromatic carbocycles. The first kappa shape index (κ1) is 14.7. The standard InChI is InChI=1S/C12H18ClN3O2S/c1-3-4-10-11(19-15-14-10)12(17)16-6-9(5-13)18-7-8(16)2/h8-9H,3-7H2,1-2H3. The van der Waals surface area contributed by atoms with Gasteiger partial charge in [0.05, 0.1) is 30.3 Å². The summed E-state index contributed by atoms with van der Waals surface area (Å²) >= 11 is 6.99. The molecule has 1 aromatic heterocycles. The van der Waals surface area contributed by atoms with E-state index in [0.717, 1.165) is 18.5 Å². The molecule has 1 fully saturated rings. The van der Waals surface area contributed by atoms with Crippen molar-refractivity contribution in [2.24, 2.45) is 0 Å². The molecule has 2 rings (SSSR count). The van der Waals surface area contributed by atoms with Crippen LogP contribution in [0.5, 0.6) is 0 Å². The summed E-state index contributed by atoms with van der Waals surface area (Å²) in [6.45, 7) is 5.11. The number of nitrogens with zero attached hydrogens (tertiary/aromatic N) is 3. The summed E-state index contributed by atoms with van der Waals surface area (Å²) < 4.78 is 9.47. The molecule has 19 heavy (non-hydrogen) atoms. The first-order valence-corrected chi connectivity index (χ1v) is 7.77. The lowest BCUT2D eigenvalue weighted by atomic mass is 10.1. The van der Waals surface area contributed by atoms with Crippen molar-refractivity contribution >= 4 is 29.0 Å². The lowest BCUT2D eigenvalue weighted by Crippen LogP contribution is -2.51. The number of amides is 1. The Morgan fingerprint density at radius 1 is 1.63 bits per heavy atom. The fourth-order valence-electron chi connectivity index (χ4n) is 2.10. The molecule has 7 heteroatoms. The van der Waals surface area contributed by atoms with Gasteiger partial charge in [0, 0.05) is 6.54 Å². The minimum Gasteiger partial charge on any atom is -0.373 e. The zero-order valence-electron chi connectivity index (χ0n) is 11.1. The molecule has 1 amide bonds. The zero-order chi connectivity index (χ0) is 13.8. The number of carbonyl (C=O) groups excluding carboxylic acids is 1. The van der Waals surface area contributed by atoms with Crippen LogP contribution >= 0.6 is 23.1 Å². The van der Waals surface area contributed by atoms with Crippen molar-refractivity contribution < 1.29 is 9.53 Å². The smallest absolute Gasteiger partial charge is 0.267 e. The van der Waals surface area contributed by atoms with Gasteiger partial charge >= 0.3 is 0 Å². The molecule has 1 aliphatic rings. The highest BCUT2D eigenvalue weighted by Gasteiger charge is 2.32. The third-order valence-electron chi connectivity index (χ3n) is 3.18. The first-order chi connectivity index (χ1) is 9.17. The molecule has 1 aromatic rings. The van der Waals surface area contributed by atoms with Gasteiger partial charge < -0.3 is 9.64 Å². The van der Waals surface area contributed by atoms with Crippen LogP contribution in [-0.2, 0) is 11.2 Å². The van der Waals surface area contributed by atoms with Crippen molar-refractivity contribution in [2.45, 2.75) is 38.8 Å². The molecule has 1 aliphatic heterocycles. The molecule has 2 heterocycles. The topological polar surface area (TPSA) is 55.3 Å². The molecular weight excluding hydrogens is 286 g/mol. The molecule has 0 N–H and O–H groups in total. The van der Waals surface area contributed by atoms with Crippen LogP contribution in [0.25, 0.3) is 0 Å². The Morgan fingerprint density at radius 2 is 2.42 bits per heavy atom. The van der Waals surface area contributed by atoms with Crippen molar-refractivity contribution in [3.05, 3.63) is 10.6 Å². The second kappa shape index (κ2) is 6.63. The highest BCUT2D eigenvalue weighted by atomic mass is 35.5. The van der Waals surface area contributed by atoms with Crippen molar-refractivity contribution in [1.29, 1.82) is 0 Å². The van der Waals surface area contributed by atoms with Gasteiger partial charge in [0.1, 0.15) is 4.88 Å². The number of aryl methyl sites for hydroxylation is 1. The second-order valence-corrected chi connectivity index (χ2v) is 5.78. The summed E-state index contributed by atoms with van der Waals surface area (Å²) in [5, 5.41) is 4.05. The molecule has 5 nitrogen and oxygen atoms in total. The Balaban J connectivity index is 2.15. The molecule has 0 radical (unpaired) electrons. The molecule has 0 bridgehead atoms. The van der Waals surface area contributed by atoms with Gasteiger partial charge in [-0.15, -0.1) is 16.7 Å². The van der Waals surface area contributed by atoms with Crippen LogP contribution < -0.4 is 0 Å². The summed E-state index contributed by atoms with van der Waals surface area (Å²) in [6.07, 6.45) is 1.65. The minimum absolute atomic E-state index is 0.00404. The molecule has 2 unspecified atom stereocenters. The van der Waals surface area contributed by atoms with Crippen LogP contribution in [0.1, 0.15) is 35.6 Å². The van der Waals surface area contributed by atoms with E-state index in [-0.39, 0.29) is 18.1 Å². The number of rotatable bonds is 4. The van der Waals surface area contributed by atoms with Gasteiger partial charge in [0.2, 0.25) is 0 Å². The van der Waals surface area contributed by atoms with Crippen molar-refractivity contribution in [3.8, 4) is 0 Å². The van der Waals surface area contributed by atoms with E-state index in [4.69, 9.17) is 16.3 Å². The van der Waals surface area contributed by atoms with Gasteiger partial charge in [-0.2, -0.15) is 0 Å². The molecule has 1 saturated heterocycles. The maximum Gasteiger partial charge on any atom is 0.267 e. The number of carbonyl (C=O) groups is 1. The number of morpholine rings is 1.